The standard InChI is InChI=1S/C12H19ClN4O2/c1-7(2)9(6-19-3)15-12(18)11-8(13)4-5-10(16-11)17-14/h4-5,7,9H,6,14H2,1-3H3,(H,15,18)(H,16,17). The third kappa shape index (κ3) is 4.34. The van der Waals surface area contributed by atoms with E-state index in [0.29, 0.717) is 12.4 Å². The zero-order valence-corrected chi connectivity index (χ0v) is 12.0. The van der Waals surface area contributed by atoms with E-state index < -0.39 is 0 Å². The minimum absolute atomic E-state index is 0.107. The Balaban J connectivity index is 2.87. The van der Waals surface area contributed by atoms with Crippen LogP contribution < -0.4 is 16.6 Å². The third-order valence-electron chi connectivity index (χ3n) is 2.68. The van der Waals surface area contributed by atoms with Crippen LogP contribution >= 0.6 is 11.6 Å². The van der Waals surface area contributed by atoms with Crippen LogP contribution in [-0.2, 0) is 4.74 Å². The van der Waals surface area contributed by atoms with Crippen LogP contribution in [0.3, 0.4) is 0 Å². The van der Waals surface area contributed by atoms with Crippen molar-refractivity contribution in [1.82, 2.24) is 10.3 Å². The summed E-state index contributed by atoms with van der Waals surface area (Å²) in [7, 11) is 1.59. The number of carbonyl (C=O) groups excluding carboxylic acids is 1. The Morgan fingerprint density at radius 1 is 1.53 bits per heavy atom. The molecule has 1 heterocycles. The molecule has 0 fully saturated rings. The van der Waals surface area contributed by atoms with E-state index in [9.17, 15) is 4.79 Å². The summed E-state index contributed by atoms with van der Waals surface area (Å²) in [5.41, 5.74) is 2.51. The number of ether oxygens (including phenoxy) is 1. The average Bonchev–Trinajstić information content (AvgIpc) is 2.38. The number of amides is 1. The first-order valence-electron chi connectivity index (χ1n) is 5.92. The van der Waals surface area contributed by atoms with Crippen molar-refractivity contribution in [3.05, 3.63) is 22.8 Å². The van der Waals surface area contributed by atoms with Crippen LogP contribution in [0, 0.1) is 5.92 Å². The molecule has 1 aromatic rings. The highest BCUT2D eigenvalue weighted by atomic mass is 35.5. The summed E-state index contributed by atoms with van der Waals surface area (Å²) in [5, 5.41) is 3.12. The molecule has 7 heteroatoms. The summed E-state index contributed by atoms with van der Waals surface area (Å²) in [6.45, 7) is 4.42. The number of nitrogens with zero attached hydrogens (tertiary/aromatic N) is 1. The number of nitrogens with one attached hydrogen (secondary N) is 2. The van der Waals surface area contributed by atoms with E-state index >= 15 is 0 Å². The van der Waals surface area contributed by atoms with Gasteiger partial charge in [0.1, 0.15) is 11.5 Å². The molecule has 1 rings (SSSR count). The minimum atomic E-state index is -0.349. The summed E-state index contributed by atoms with van der Waals surface area (Å²) in [6, 6.07) is 3.05. The van der Waals surface area contributed by atoms with Gasteiger partial charge in [0.2, 0.25) is 0 Å². The Morgan fingerprint density at radius 2 is 2.21 bits per heavy atom. The fourth-order valence-electron chi connectivity index (χ4n) is 1.50. The zero-order valence-electron chi connectivity index (χ0n) is 11.2. The maximum Gasteiger partial charge on any atom is 0.271 e. The zero-order chi connectivity index (χ0) is 14.4. The Kier molecular flexibility index (Phi) is 6.01. The molecule has 0 radical (unpaired) electrons. The summed E-state index contributed by atoms with van der Waals surface area (Å²) in [6.07, 6.45) is 0. The number of rotatable bonds is 6. The Morgan fingerprint density at radius 3 is 2.74 bits per heavy atom. The summed E-state index contributed by atoms with van der Waals surface area (Å²) in [5.74, 6) is 5.52. The molecule has 0 aliphatic carbocycles. The number of hydrazine groups is 1. The lowest BCUT2D eigenvalue weighted by Gasteiger charge is -2.21. The normalized spacial score (nSPS) is 12.3. The molecule has 6 nitrogen and oxygen atoms in total. The summed E-state index contributed by atoms with van der Waals surface area (Å²) < 4.78 is 5.08. The van der Waals surface area contributed by atoms with Crippen LogP contribution in [-0.4, -0.2) is 30.6 Å². The maximum absolute atomic E-state index is 12.1. The molecule has 0 aliphatic heterocycles. The van der Waals surface area contributed by atoms with Gasteiger partial charge in [-0.3, -0.25) is 4.79 Å². The average molecular weight is 287 g/mol. The number of pyridine rings is 1. The van der Waals surface area contributed by atoms with E-state index in [4.69, 9.17) is 22.2 Å². The van der Waals surface area contributed by atoms with Crippen molar-refractivity contribution in [3.8, 4) is 0 Å². The second-order valence-electron chi connectivity index (χ2n) is 4.45. The van der Waals surface area contributed by atoms with Gasteiger partial charge in [0.05, 0.1) is 17.7 Å². The van der Waals surface area contributed by atoms with Gasteiger partial charge in [-0.1, -0.05) is 25.4 Å². The van der Waals surface area contributed by atoms with E-state index in [-0.39, 0.29) is 28.6 Å². The van der Waals surface area contributed by atoms with Gasteiger partial charge in [-0.15, -0.1) is 0 Å². The number of aromatic nitrogens is 1. The van der Waals surface area contributed by atoms with Crippen LogP contribution in [0.2, 0.25) is 5.02 Å². The predicted molar refractivity (Wildman–Crippen MR) is 75.0 cm³/mol. The van der Waals surface area contributed by atoms with Crippen molar-refractivity contribution in [2.75, 3.05) is 19.1 Å². The number of hydrogen-bond acceptors (Lipinski definition) is 5. The van der Waals surface area contributed by atoms with Gasteiger partial charge in [-0.05, 0) is 18.1 Å². The largest absolute Gasteiger partial charge is 0.383 e. The van der Waals surface area contributed by atoms with Crippen LogP contribution in [0.4, 0.5) is 5.82 Å². The molecule has 0 aliphatic rings. The Bertz CT molecular complexity index is 440. The summed E-state index contributed by atoms with van der Waals surface area (Å²) >= 11 is 5.96. The molecule has 1 amide bonds. The number of methoxy groups -OCH3 is 1. The molecule has 1 atom stereocenters. The lowest BCUT2D eigenvalue weighted by molar-refractivity contribution is 0.0862. The molecular formula is C12H19ClN4O2. The number of nitrogen functional groups attached to an aromatic ring is 1. The van der Waals surface area contributed by atoms with E-state index in [1.807, 2.05) is 13.8 Å². The van der Waals surface area contributed by atoms with Crippen LogP contribution in [0.5, 0.6) is 0 Å². The number of hydrogen-bond donors (Lipinski definition) is 3. The van der Waals surface area contributed by atoms with E-state index in [1.54, 1.807) is 19.2 Å². The number of anilines is 1. The first kappa shape index (κ1) is 15.7. The molecule has 1 aromatic heterocycles. The summed E-state index contributed by atoms with van der Waals surface area (Å²) in [4.78, 5) is 16.2. The predicted octanol–water partition coefficient (Wildman–Crippen LogP) is 1.42. The van der Waals surface area contributed by atoms with Crippen molar-refractivity contribution < 1.29 is 9.53 Å². The fraction of sp³-hybridized carbons (Fsp3) is 0.500. The van der Waals surface area contributed by atoms with Gasteiger partial charge in [0.25, 0.3) is 5.91 Å². The smallest absolute Gasteiger partial charge is 0.271 e. The molecular weight excluding hydrogens is 268 g/mol. The van der Waals surface area contributed by atoms with Crippen LogP contribution in [0.1, 0.15) is 24.3 Å². The van der Waals surface area contributed by atoms with E-state index in [2.05, 4.69) is 15.7 Å². The number of carbonyl (C=O) groups is 1. The van der Waals surface area contributed by atoms with Crippen molar-refractivity contribution >= 4 is 23.3 Å². The minimum Gasteiger partial charge on any atom is -0.383 e. The van der Waals surface area contributed by atoms with Crippen LogP contribution in [0.25, 0.3) is 0 Å². The first-order chi connectivity index (χ1) is 8.99. The molecule has 0 saturated heterocycles. The highest BCUT2D eigenvalue weighted by molar-refractivity contribution is 6.33. The highest BCUT2D eigenvalue weighted by Gasteiger charge is 2.20. The molecule has 1 unspecified atom stereocenters. The maximum atomic E-state index is 12.1. The second kappa shape index (κ2) is 7.28. The topological polar surface area (TPSA) is 89.3 Å². The molecule has 0 saturated carbocycles. The lowest BCUT2D eigenvalue weighted by atomic mass is 10.1. The monoisotopic (exact) mass is 286 g/mol. The fourth-order valence-corrected chi connectivity index (χ4v) is 1.69. The number of nitrogens with two attached hydrogens (primary N) is 1. The van der Waals surface area contributed by atoms with Crippen molar-refractivity contribution in [2.45, 2.75) is 19.9 Å². The second-order valence-corrected chi connectivity index (χ2v) is 4.86. The number of halogens is 1. The van der Waals surface area contributed by atoms with Gasteiger partial charge in [0, 0.05) is 7.11 Å². The molecule has 0 aromatic carbocycles. The lowest BCUT2D eigenvalue weighted by Crippen LogP contribution is -2.42. The van der Waals surface area contributed by atoms with Gasteiger partial charge in [0.15, 0.2) is 0 Å². The van der Waals surface area contributed by atoms with Crippen LogP contribution in [0.15, 0.2) is 12.1 Å². The van der Waals surface area contributed by atoms with Crippen molar-refractivity contribution in [2.24, 2.45) is 11.8 Å². The van der Waals surface area contributed by atoms with Gasteiger partial charge in [-0.2, -0.15) is 0 Å². The Hall–Kier alpha value is -1.37. The van der Waals surface area contributed by atoms with E-state index in [0.717, 1.165) is 0 Å². The molecule has 106 valence electrons. The van der Waals surface area contributed by atoms with Gasteiger partial charge < -0.3 is 15.5 Å². The van der Waals surface area contributed by atoms with Gasteiger partial charge >= 0.3 is 0 Å². The van der Waals surface area contributed by atoms with Gasteiger partial charge in [-0.25, -0.2) is 10.8 Å². The molecule has 0 bridgehead atoms. The SMILES string of the molecule is COCC(NC(=O)c1nc(NN)ccc1Cl)C(C)C. The quantitative estimate of drug-likeness (QED) is 0.544. The molecule has 19 heavy (non-hydrogen) atoms. The third-order valence-corrected chi connectivity index (χ3v) is 2.98. The highest BCUT2D eigenvalue weighted by Crippen LogP contribution is 2.16. The Labute approximate surface area is 117 Å². The first-order valence-corrected chi connectivity index (χ1v) is 6.30. The van der Waals surface area contributed by atoms with E-state index in [1.165, 1.54) is 0 Å². The molecule has 4 N–H and O–H groups in total. The van der Waals surface area contributed by atoms with Crippen molar-refractivity contribution in [3.63, 3.8) is 0 Å². The molecule has 0 spiro atoms. The van der Waals surface area contributed by atoms with Crippen molar-refractivity contribution in [1.29, 1.82) is 0 Å².